The number of nitrogens with zero attached hydrogens (tertiary/aromatic N) is 1. The summed E-state index contributed by atoms with van der Waals surface area (Å²) < 4.78 is 5.56. The minimum atomic E-state index is 0.668. The van der Waals surface area contributed by atoms with E-state index < -0.39 is 0 Å². The Hall–Kier alpha value is -0.0800. The van der Waals surface area contributed by atoms with Gasteiger partial charge in [-0.2, -0.15) is 0 Å². The zero-order chi connectivity index (χ0) is 9.52. The smallest absolute Gasteiger partial charge is 0.0593 e. The fraction of sp³-hybridized carbons (Fsp3) is 1.00. The third-order valence-electron chi connectivity index (χ3n) is 2.45. The molecule has 0 atom stereocenters. The normalized spacial score (nSPS) is 19.6. The molecular formula is C11H23NO. The van der Waals surface area contributed by atoms with Gasteiger partial charge in [0.1, 0.15) is 0 Å². The van der Waals surface area contributed by atoms with Crippen molar-refractivity contribution in [1.82, 2.24) is 4.90 Å². The van der Waals surface area contributed by atoms with Crippen LogP contribution in [0.5, 0.6) is 0 Å². The predicted octanol–water partition coefficient (Wildman–Crippen LogP) is 2.14. The fourth-order valence-electron chi connectivity index (χ4n) is 1.70. The summed E-state index contributed by atoms with van der Waals surface area (Å²) in [7, 11) is 0. The lowest BCUT2D eigenvalue weighted by atomic mass is 10.1. The summed E-state index contributed by atoms with van der Waals surface area (Å²) in [6.45, 7) is 9.91. The maximum absolute atomic E-state index is 5.56. The van der Waals surface area contributed by atoms with Gasteiger partial charge in [0, 0.05) is 13.2 Å². The Bertz CT molecular complexity index is 119. The minimum Gasteiger partial charge on any atom is -0.380 e. The second-order valence-electron chi connectivity index (χ2n) is 4.37. The monoisotopic (exact) mass is 185 g/mol. The number of piperidine rings is 1. The van der Waals surface area contributed by atoms with Gasteiger partial charge in [0.05, 0.1) is 6.61 Å². The van der Waals surface area contributed by atoms with Gasteiger partial charge < -0.3 is 9.64 Å². The first-order chi connectivity index (χ1) is 6.29. The van der Waals surface area contributed by atoms with Gasteiger partial charge in [0.2, 0.25) is 0 Å². The molecule has 0 saturated carbocycles. The molecule has 1 fully saturated rings. The summed E-state index contributed by atoms with van der Waals surface area (Å²) in [4.78, 5) is 2.52. The lowest BCUT2D eigenvalue weighted by Crippen LogP contribution is -2.32. The molecule has 0 bridgehead atoms. The third-order valence-corrected chi connectivity index (χ3v) is 2.45. The Morgan fingerprint density at radius 3 is 2.46 bits per heavy atom. The molecule has 0 aromatic carbocycles. The van der Waals surface area contributed by atoms with Crippen molar-refractivity contribution in [3.8, 4) is 0 Å². The van der Waals surface area contributed by atoms with Gasteiger partial charge in [-0.15, -0.1) is 0 Å². The SMILES string of the molecule is CC(C)COCCN1CCCCC1. The van der Waals surface area contributed by atoms with Crippen LogP contribution in [0.15, 0.2) is 0 Å². The summed E-state index contributed by atoms with van der Waals surface area (Å²) in [5.74, 6) is 0.668. The highest BCUT2D eigenvalue weighted by atomic mass is 16.5. The van der Waals surface area contributed by atoms with Crippen LogP contribution in [0.2, 0.25) is 0 Å². The van der Waals surface area contributed by atoms with Crippen LogP contribution in [0, 0.1) is 5.92 Å². The second kappa shape index (κ2) is 6.39. The van der Waals surface area contributed by atoms with E-state index in [0.717, 1.165) is 19.8 Å². The molecule has 0 aliphatic carbocycles. The van der Waals surface area contributed by atoms with Crippen LogP contribution in [0.4, 0.5) is 0 Å². The molecule has 0 N–H and O–H groups in total. The first kappa shape index (κ1) is 11.0. The van der Waals surface area contributed by atoms with Crippen molar-refractivity contribution in [3.05, 3.63) is 0 Å². The molecule has 0 unspecified atom stereocenters. The zero-order valence-corrected chi connectivity index (χ0v) is 9.09. The highest BCUT2D eigenvalue weighted by Crippen LogP contribution is 2.07. The van der Waals surface area contributed by atoms with Crippen LogP contribution in [0.3, 0.4) is 0 Å². The molecular weight excluding hydrogens is 162 g/mol. The van der Waals surface area contributed by atoms with E-state index in [-0.39, 0.29) is 0 Å². The number of hydrogen-bond donors (Lipinski definition) is 0. The lowest BCUT2D eigenvalue weighted by Gasteiger charge is -2.26. The second-order valence-corrected chi connectivity index (χ2v) is 4.37. The first-order valence-electron chi connectivity index (χ1n) is 5.59. The maximum atomic E-state index is 5.56. The fourth-order valence-corrected chi connectivity index (χ4v) is 1.70. The van der Waals surface area contributed by atoms with Crippen molar-refractivity contribution >= 4 is 0 Å². The molecule has 0 aromatic heterocycles. The summed E-state index contributed by atoms with van der Waals surface area (Å²) >= 11 is 0. The minimum absolute atomic E-state index is 0.668. The molecule has 1 aliphatic rings. The van der Waals surface area contributed by atoms with E-state index in [1.54, 1.807) is 0 Å². The Balaban J connectivity index is 1.92. The van der Waals surface area contributed by atoms with Gasteiger partial charge in [-0.3, -0.25) is 0 Å². The van der Waals surface area contributed by atoms with Crippen LogP contribution >= 0.6 is 0 Å². The number of hydrogen-bond acceptors (Lipinski definition) is 2. The van der Waals surface area contributed by atoms with Gasteiger partial charge in [-0.05, 0) is 31.8 Å². The van der Waals surface area contributed by atoms with Crippen molar-refractivity contribution in [2.24, 2.45) is 5.92 Å². The highest BCUT2D eigenvalue weighted by Gasteiger charge is 2.08. The Morgan fingerprint density at radius 1 is 1.15 bits per heavy atom. The molecule has 0 aromatic rings. The molecule has 2 nitrogen and oxygen atoms in total. The largest absolute Gasteiger partial charge is 0.380 e. The van der Waals surface area contributed by atoms with Crippen molar-refractivity contribution < 1.29 is 4.74 Å². The summed E-state index contributed by atoms with van der Waals surface area (Å²) in [5, 5.41) is 0. The Labute approximate surface area is 82.3 Å². The molecule has 1 aliphatic heterocycles. The number of rotatable bonds is 5. The summed E-state index contributed by atoms with van der Waals surface area (Å²) in [6.07, 6.45) is 4.18. The molecule has 0 radical (unpaired) electrons. The quantitative estimate of drug-likeness (QED) is 0.608. The molecule has 13 heavy (non-hydrogen) atoms. The van der Waals surface area contributed by atoms with Gasteiger partial charge in [-0.25, -0.2) is 0 Å². The lowest BCUT2D eigenvalue weighted by molar-refractivity contribution is 0.0800. The van der Waals surface area contributed by atoms with E-state index in [1.165, 1.54) is 32.4 Å². The van der Waals surface area contributed by atoms with Crippen molar-refractivity contribution in [2.75, 3.05) is 32.8 Å². The van der Waals surface area contributed by atoms with Crippen LogP contribution in [-0.2, 0) is 4.74 Å². The van der Waals surface area contributed by atoms with Crippen LogP contribution < -0.4 is 0 Å². The molecule has 78 valence electrons. The molecule has 2 heteroatoms. The van der Waals surface area contributed by atoms with E-state index in [0.29, 0.717) is 5.92 Å². The van der Waals surface area contributed by atoms with Crippen molar-refractivity contribution in [2.45, 2.75) is 33.1 Å². The Morgan fingerprint density at radius 2 is 1.85 bits per heavy atom. The van der Waals surface area contributed by atoms with Crippen molar-refractivity contribution in [3.63, 3.8) is 0 Å². The van der Waals surface area contributed by atoms with E-state index in [4.69, 9.17) is 4.74 Å². The summed E-state index contributed by atoms with van der Waals surface area (Å²) in [5.41, 5.74) is 0. The molecule has 1 saturated heterocycles. The van der Waals surface area contributed by atoms with Crippen LogP contribution in [0.1, 0.15) is 33.1 Å². The topological polar surface area (TPSA) is 12.5 Å². The number of likely N-dealkylation sites (tertiary alicyclic amines) is 1. The predicted molar refractivity (Wildman–Crippen MR) is 55.9 cm³/mol. The van der Waals surface area contributed by atoms with E-state index in [1.807, 2.05) is 0 Å². The van der Waals surface area contributed by atoms with Gasteiger partial charge >= 0.3 is 0 Å². The van der Waals surface area contributed by atoms with Gasteiger partial charge in [-0.1, -0.05) is 20.3 Å². The van der Waals surface area contributed by atoms with Crippen LogP contribution in [0.25, 0.3) is 0 Å². The molecule has 0 spiro atoms. The molecule has 0 amide bonds. The summed E-state index contributed by atoms with van der Waals surface area (Å²) in [6, 6.07) is 0. The average Bonchev–Trinajstić information content (AvgIpc) is 2.14. The first-order valence-corrected chi connectivity index (χ1v) is 5.59. The van der Waals surface area contributed by atoms with Gasteiger partial charge in [0.25, 0.3) is 0 Å². The highest BCUT2D eigenvalue weighted by molar-refractivity contribution is 4.63. The number of ether oxygens (including phenoxy) is 1. The van der Waals surface area contributed by atoms with Crippen LogP contribution in [-0.4, -0.2) is 37.7 Å². The Kier molecular flexibility index (Phi) is 5.40. The van der Waals surface area contributed by atoms with E-state index in [2.05, 4.69) is 18.7 Å². The standard InChI is InChI=1S/C11H23NO/c1-11(2)10-13-9-8-12-6-4-3-5-7-12/h11H,3-10H2,1-2H3. The average molecular weight is 185 g/mol. The molecule has 1 rings (SSSR count). The third kappa shape index (κ3) is 5.27. The van der Waals surface area contributed by atoms with E-state index in [9.17, 15) is 0 Å². The maximum Gasteiger partial charge on any atom is 0.0593 e. The van der Waals surface area contributed by atoms with Crippen molar-refractivity contribution in [1.29, 1.82) is 0 Å². The van der Waals surface area contributed by atoms with Gasteiger partial charge in [0.15, 0.2) is 0 Å². The molecule has 1 heterocycles. The van der Waals surface area contributed by atoms with E-state index >= 15 is 0 Å². The zero-order valence-electron chi connectivity index (χ0n) is 9.09.